The van der Waals surface area contributed by atoms with Gasteiger partial charge in [-0.2, -0.15) is 0 Å². The second-order valence-electron chi connectivity index (χ2n) is 8.11. The van der Waals surface area contributed by atoms with Crippen LogP contribution in [0.2, 0.25) is 0 Å². The van der Waals surface area contributed by atoms with E-state index in [1.165, 1.54) is 19.1 Å². The summed E-state index contributed by atoms with van der Waals surface area (Å²) in [5.41, 5.74) is 3.16. The molecule has 0 saturated carbocycles. The summed E-state index contributed by atoms with van der Waals surface area (Å²) in [6, 6.07) is 15.3. The number of hydrogen-bond acceptors (Lipinski definition) is 9. The van der Waals surface area contributed by atoms with Crippen molar-refractivity contribution in [3.63, 3.8) is 0 Å². The Bertz CT molecular complexity index is 1140. The highest BCUT2D eigenvalue weighted by Gasteiger charge is 2.20. The molecule has 9 heteroatoms. The number of pyridine rings is 1. The molecular weight excluding hydrogens is 452 g/mol. The number of ether oxygens (including phenoxy) is 2. The lowest BCUT2D eigenvalue weighted by Crippen LogP contribution is -2.40. The summed E-state index contributed by atoms with van der Waals surface area (Å²) in [7, 11) is 3.04. The summed E-state index contributed by atoms with van der Waals surface area (Å²) in [4.78, 5) is 18.7. The van der Waals surface area contributed by atoms with Gasteiger partial charge in [-0.15, -0.1) is 4.91 Å². The first kappa shape index (κ1) is 24.0. The van der Waals surface area contributed by atoms with E-state index in [0.29, 0.717) is 23.2 Å². The van der Waals surface area contributed by atoms with Gasteiger partial charge >= 0.3 is 0 Å². The standard InChI is InChI=1S/C25H28N4O4S/c1-32-23-15-18(14-22(30)25(23)33-2)21-13-17(7-10-26-21)16-29-11-8-19(9-12-29)28-34-24-6-4-3-5-20(24)27-31/h3-7,10,13-15,19,28,30H,8-9,11-12,16H2,1-2H3. The number of piperidine rings is 1. The SMILES string of the molecule is COc1cc(-c2cc(CN3CCC(NSc4ccccc4N=O)CC3)ccn2)cc(O)c1OC. The molecule has 0 unspecified atom stereocenters. The van der Waals surface area contributed by atoms with Crippen LogP contribution in [0.25, 0.3) is 11.3 Å². The Morgan fingerprint density at radius 2 is 1.94 bits per heavy atom. The molecule has 3 aromatic rings. The number of nitrogens with zero attached hydrogens (tertiary/aromatic N) is 3. The summed E-state index contributed by atoms with van der Waals surface area (Å²) in [5, 5.41) is 13.4. The van der Waals surface area contributed by atoms with Crippen molar-refractivity contribution in [2.45, 2.75) is 30.3 Å². The normalized spacial score (nSPS) is 14.6. The average Bonchev–Trinajstić information content (AvgIpc) is 2.88. The average molecular weight is 481 g/mol. The molecule has 0 spiro atoms. The monoisotopic (exact) mass is 480 g/mol. The largest absolute Gasteiger partial charge is 0.504 e. The molecule has 2 aromatic carbocycles. The smallest absolute Gasteiger partial charge is 0.203 e. The summed E-state index contributed by atoms with van der Waals surface area (Å²) in [6.07, 6.45) is 3.83. The van der Waals surface area contributed by atoms with E-state index in [1.54, 1.807) is 25.4 Å². The lowest BCUT2D eigenvalue weighted by atomic mass is 10.0. The van der Waals surface area contributed by atoms with Gasteiger partial charge in [0, 0.05) is 24.3 Å². The Labute approximate surface area is 203 Å². The van der Waals surface area contributed by atoms with E-state index in [2.05, 4.69) is 19.8 Å². The molecule has 0 aliphatic carbocycles. The molecule has 0 radical (unpaired) electrons. The van der Waals surface area contributed by atoms with E-state index in [9.17, 15) is 10.0 Å². The third-order valence-corrected chi connectivity index (χ3v) is 6.89. The number of phenolic OH excluding ortho intramolecular Hbond substituents is 1. The molecule has 0 bridgehead atoms. The van der Waals surface area contributed by atoms with Crippen LogP contribution >= 0.6 is 11.9 Å². The molecule has 178 valence electrons. The van der Waals surface area contributed by atoms with Crippen molar-refractivity contribution in [2.75, 3.05) is 27.3 Å². The van der Waals surface area contributed by atoms with Crippen molar-refractivity contribution in [2.24, 2.45) is 5.18 Å². The van der Waals surface area contributed by atoms with Gasteiger partial charge in [-0.1, -0.05) is 12.1 Å². The maximum absolute atomic E-state index is 11.0. The zero-order valence-corrected chi connectivity index (χ0v) is 20.0. The Hall–Kier alpha value is -3.14. The van der Waals surface area contributed by atoms with Crippen molar-refractivity contribution in [3.8, 4) is 28.5 Å². The van der Waals surface area contributed by atoms with Crippen LogP contribution in [0.15, 0.2) is 64.8 Å². The van der Waals surface area contributed by atoms with E-state index >= 15 is 0 Å². The first-order chi connectivity index (χ1) is 16.6. The van der Waals surface area contributed by atoms with Crippen LogP contribution in [0.3, 0.4) is 0 Å². The number of aromatic hydroxyl groups is 1. The number of nitroso groups, excluding NO2 is 1. The highest BCUT2D eigenvalue weighted by molar-refractivity contribution is 7.97. The number of phenols is 1. The molecule has 2 N–H and O–H groups in total. The van der Waals surface area contributed by atoms with Crippen LogP contribution in [0.4, 0.5) is 5.69 Å². The van der Waals surface area contributed by atoms with Crippen LogP contribution in [0.1, 0.15) is 18.4 Å². The second-order valence-corrected chi connectivity index (χ2v) is 8.99. The van der Waals surface area contributed by atoms with Crippen molar-refractivity contribution < 1.29 is 14.6 Å². The van der Waals surface area contributed by atoms with Gasteiger partial charge in [-0.25, -0.2) is 0 Å². The Balaban J connectivity index is 1.35. The van der Waals surface area contributed by atoms with Gasteiger partial charge in [-0.05, 0) is 85.0 Å². The molecule has 1 aromatic heterocycles. The van der Waals surface area contributed by atoms with Gasteiger partial charge < -0.3 is 14.6 Å². The second kappa shape index (κ2) is 11.3. The van der Waals surface area contributed by atoms with Gasteiger partial charge in [0.1, 0.15) is 5.69 Å². The fraction of sp³-hybridized carbons (Fsp3) is 0.320. The molecular formula is C25H28N4O4S. The number of nitrogens with one attached hydrogen (secondary N) is 1. The van der Waals surface area contributed by atoms with Crippen LogP contribution in [0, 0.1) is 4.91 Å². The minimum Gasteiger partial charge on any atom is -0.504 e. The van der Waals surface area contributed by atoms with Crippen LogP contribution < -0.4 is 14.2 Å². The number of likely N-dealkylation sites (tertiary alicyclic amines) is 1. The molecule has 1 saturated heterocycles. The Kier molecular flexibility index (Phi) is 7.99. The van der Waals surface area contributed by atoms with Crippen molar-refractivity contribution in [1.29, 1.82) is 0 Å². The number of hydrogen-bond donors (Lipinski definition) is 2. The summed E-state index contributed by atoms with van der Waals surface area (Å²) in [6.45, 7) is 2.77. The molecule has 1 fully saturated rings. The van der Waals surface area contributed by atoms with Crippen molar-refractivity contribution in [3.05, 3.63) is 65.2 Å². The van der Waals surface area contributed by atoms with Gasteiger partial charge in [0.15, 0.2) is 11.5 Å². The van der Waals surface area contributed by atoms with Crippen LogP contribution in [-0.2, 0) is 6.54 Å². The summed E-state index contributed by atoms with van der Waals surface area (Å²) < 4.78 is 14.1. The third kappa shape index (κ3) is 5.67. The highest BCUT2D eigenvalue weighted by atomic mass is 32.2. The molecule has 0 atom stereocenters. The molecule has 1 aliphatic rings. The van der Waals surface area contributed by atoms with Gasteiger partial charge in [0.25, 0.3) is 0 Å². The molecule has 1 aliphatic heterocycles. The number of benzene rings is 2. The quantitative estimate of drug-likeness (QED) is 0.321. The number of methoxy groups -OCH3 is 2. The maximum Gasteiger partial charge on any atom is 0.203 e. The summed E-state index contributed by atoms with van der Waals surface area (Å²) >= 11 is 1.48. The Morgan fingerprint density at radius 3 is 2.68 bits per heavy atom. The van der Waals surface area contributed by atoms with Gasteiger partial charge in [0.05, 0.1) is 24.8 Å². The van der Waals surface area contributed by atoms with Crippen molar-refractivity contribution >= 4 is 17.6 Å². The predicted octanol–water partition coefficient (Wildman–Crippen LogP) is 5.13. The van der Waals surface area contributed by atoms with Crippen LogP contribution in [0.5, 0.6) is 17.2 Å². The molecule has 0 amide bonds. The number of rotatable bonds is 9. The first-order valence-electron chi connectivity index (χ1n) is 11.1. The molecule has 2 heterocycles. The fourth-order valence-electron chi connectivity index (χ4n) is 4.06. The third-order valence-electron chi connectivity index (χ3n) is 5.87. The first-order valence-corrected chi connectivity index (χ1v) is 11.9. The lowest BCUT2D eigenvalue weighted by Gasteiger charge is -2.32. The predicted molar refractivity (Wildman–Crippen MR) is 134 cm³/mol. The van der Waals surface area contributed by atoms with Gasteiger partial charge in [0.2, 0.25) is 5.75 Å². The topological polar surface area (TPSA) is 96.3 Å². The minimum atomic E-state index is 0.0167. The molecule has 8 nitrogen and oxygen atoms in total. The van der Waals surface area contributed by atoms with Crippen molar-refractivity contribution in [1.82, 2.24) is 14.6 Å². The zero-order chi connectivity index (χ0) is 23.9. The van der Waals surface area contributed by atoms with Crippen LogP contribution in [-0.4, -0.2) is 48.3 Å². The molecule has 34 heavy (non-hydrogen) atoms. The van der Waals surface area contributed by atoms with E-state index < -0.39 is 0 Å². The molecule has 4 rings (SSSR count). The van der Waals surface area contributed by atoms with E-state index in [1.807, 2.05) is 36.4 Å². The van der Waals surface area contributed by atoms with E-state index in [-0.39, 0.29) is 5.75 Å². The number of aromatic nitrogens is 1. The van der Waals surface area contributed by atoms with E-state index in [0.717, 1.165) is 54.2 Å². The minimum absolute atomic E-state index is 0.0167. The summed E-state index contributed by atoms with van der Waals surface area (Å²) in [5.74, 6) is 0.787. The lowest BCUT2D eigenvalue weighted by molar-refractivity contribution is 0.201. The highest BCUT2D eigenvalue weighted by Crippen LogP contribution is 2.40. The van der Waals surface area contributed by atoms with E-state index in [4.69, 9.17) is 9.47 Å². The maximum atomic E-state index is 11.0. The fourth-order valence-corrected chi connectivity index (χ4v) is 4.94. The Morgan fingerprint density at radius 1 is 1.15 bits per heavy atom. The van der Waals surface area contributed by atoms with Gasteiger partial charge in [-0.3, -0.25) is 14.6 Å². The zero-order valence-electron chi connectivity index (χ0n) is 19.2.